The molecule has 40 heavy (non-hydrogen) atoms. The summed E-state index contributed by atoms with van der Waals surface area (Å²) in [6.07, 6.45) is -1.74. The average molecular weight is 557 g/mol. The van der Waals surface area contributed by atoms with Crippen molar-refractivity contribution < 1.29 is 27.6 Å². The third-order valence-corrected chi connectivity index (χ3v) is 6.45. The number of rotatable bonds is 9. The molecule has 0 spiro atoms. The van der Waals surface area contributed by atoms with Gasteiger partial charge in [-0.25, -0.2) is 4.98 Å². The molecule has 1 saturated heterocycles. The zero-order chi connectivity index (χ0) is 28.9. The summed E-state index contributed by atoms with van der Waals surface area (Å²) >= 11 is 0. The number of aromatic nitrogens is 2. The Morgan fingerprint density at radius 2 is 1.88 bits per heavy atom. The lowest BCUT2D eigenvalue weighted by atomic mass is 10.0. The van der Waals surface area contributed by atoms with Crippen molar-refractivity contribution in [1.29, 1.82) is 0 Å². The van der Waals surface area contributed by atoms with E-state index in [1.807, 2.05) is 0 Å². The quantitative estimate of drug-likeness (QED) is 0.186. The standard InChI is InChI=1S/C27H27F3N6O4/c1-3-24(37)35(17(2)19-8-4-6-10-22(19)36(38)39)23-11-7-5-9-21(23)33-25-20(27(28,29)30)16-31-26(34-25)32-18-12-14-40-15-13-18/h3-11,16-18H,1,12-15H2,2H3,(H2,31,32,33,34). The maximum Gasteiger partial charge on any atom is 0.421 e. The largest absolute Gasteiger partial charge is 0.421 e. The second kappa shape index (κ2) is 12.1. The van der Waals surface area contributed by atoms with Gasteiger partial charge in [-0.3, -0.25) is 19.8 Å². The lowest BCUT2D eigenvalue weighted by Gasteiger charge is -2.30. The lowest BCUT2D eigenvalue weighted by Crippen LogP contribution is -2.33. The van der Waals surface area contributed by atoms with Crippen LogP contribution in [-0.4, -0.2) is 40.1 Å². The molecule has 3 aromatic rings. The molecule has 1 aromatic heterocycles. The average Bonchev–Trinajstić information content (AvgIpc) is 2.94. The minimum atomic E-state index is -4.77. The van der Waals surface area contributed by atoms with Crippen LogP contribution in [0.2, 0.25) is 0 Å². The van der Waals surface area contributed by atoms with E-state index in [1.54, 1.807) is 25.1 Å². The van der Waals surface area contributed by atoms with E-state index in [9.17, 15) is 28.1 Å². The first-order chi connectivity index (χ1) is 19.1. The molecule has 1 aliphatic rings. The molecule has 13 heteroatoms. The monoisotopic (exact) mass is 556 g/mol. The van der Waals surface area contributed by atoms with E-state index in [1.165, 1.54) is 35.2 Å². The molecule has 1 fully saturated rings. The number of nitro groups is 1. The molecule has 0 radical (unpaired) electrons. The van der Waals surface area contributed by atoms with Crippen molar-refractivity contribution in [3.63, 3.8) is 0 Å². The molecule has 0 saturated carbocycles. The number of carbonyl (C=O) groups excluding carboxylic acids is 1. The van der Waals surface area contributed by atoms with Gasteiger partial charge in [-0.05, 0) is 38.0 Å². The van der Waals surface area contributed by atoms with Gasteiger partial charge in [0.15, 0.2) is 0 Å². The fraction of sp³-hybridized carbons (Fsp3) is 0.296. The molecule has 210 valence electrons. The highest BCUT2D eigenvalue weighted by molar-refractivity contribution is 6.04. The topological polar surface area (TPSA) is 123 Å². The number of amides is 1. The Balaban J connectivity index is 1.76. The molecular weight excluding hydrogens is 529 g/mol. The number of hydrogen-bond donors (Lipinski definition) is 2. The van der Waals surface area contributed by atoms with Gasteiger partial charge < -0.3 is 15.4 Å². The second-order valence-corrected chi connectivity index (χ2v) is 9.03. The Morgan fingerprint density at radius 3 is 2.55 bits per heavy atom. The number of halogens is 3. The summed E-state index contributed by atoms with van der Waals surface area (Å²) in [5.74, 6) is -1.12. The van der Waals surface area contributed by atoms with Crippen LogP contribution < -0.4 is 15.5 Å². The van der Waals surface area contributed by atoms with Crippen LogP contribution in [0.1, 0.15) is 36.9 Å². The number of nitrogens with zero attached hydrogens (tertiary/aromatic N) is 4. The van der Waals surface area contributed by atoms with Crippen LogP contribution in [0.15, 0.2) is 67.4 Å². The Hall–Kier alpha value is -4.52. The zero-order valence-corrected chi connectivity index (χ0v) is 21.5. The van der Waals surface area contributed by atoms with E-state index in [0.717, 1.165) is 6.08 Å². The highest BCUT2D eigenvalue weighted by Gasteiger charge is 2.36. The fourth-order valence-electron chi connectivity index (χ4n) is 4.46. The van der Waals surface area contributed by atoms with Crippen molar-refractivity contribution in [3.8, 4) is 0 Å². The maximum absolute atomic E-state index is 14.0. The van der Waals surface area contributed by atoms with Gasteiger partial charge in [-0.2, -0.15) is 18.2 Å². The van der Waals surface area contributed by atoms with E-state index in [4.69, 9.17) is 4.74 Å². The Morgan fingerprint density at radius 1 is 1.20 bits per heavy atom. The van der Waals surface area contributed by atoms with Gasteiger partial charge in [0.05, 0.1) is 27.9 Å². The van der Waals surface area contributed by atoms with Crippen molar-refractivity contribution in [3.05, 3.63) is 88.6 Å². The summed E-state index contributed by atoms with van der Waals surface area (Å²) in [5, 5.41) is 17.5. The molecule has 2 N–H and O–H groups in total. The highest BCUT2D eigenvalue weighted by Crippen LogP contribution is 2.40. The van der Waals surface area contributed by atoms with Crippen LogP contribution in [-0.2, 0) is 15.7 Å². The Labute approximate surface area is 228 Å². The molecule has 10 nitrogen and oxygen atoms in total. The van der Waals surface area contributed by atoms with Gasteiger partial charge in [0, 0.05) is 31.5 Å². The molecule has 0 bridgehead atoms. The molecule has 0 aliphatic carbocycles. The van der Waals surface area contributed by atoms with Crippen molar-refractivity contribution >= 4 is 34.7 Å². The van der Waals surface area contributed by atoms with Gasteiger partial charge in [0.1, 0.15) is 11.4 Å². The summed E-state index contributed by atoms with van der Waals surface area (Å²) in [4.78, 5) is 33.4. The molecule has 1 amide bonds. The molecule has 1 atom stereocenters. The second-order valence-electron chi connectivity index (χ2n) is 9.03. The maximum atomic E-state index is 14.0. The zero-order valence-electron chi connectivity index (χ0n) is 21.5. The number of nitro benzene ring substituents is 1. The van der Waals surface area contributed by atoms with E-state index in [2.05, 4.69) is 27.2 Å². The van der Waals surface area contributed by atoms with Gasteiger partial charge in [-0.1, -0.05) is 36.9 Å². The van der Waals surface area contributed by atoms with Crippen molar-refractivity contribution in [1.82, 2.24) is 9.97 Å². The number of anilines is 4. The number of hydrogen-bond acceptors (Lipinski definition) is 8. The first-order valence-electron chi connectivity index (χ1n) is 12.4. The number of para-hydroxylation sites is 3. The van der Waals surface area contributed by atoms with Gasteiger partial charge in [0.25, 0.3) is 11.6 Å². The summed E-state index contributed by atoms with van der Waals surface area (Å²) in [6.45, 7) is 6.15. The van der Waals surface area contributed by atoms with E-state index < -0.39 is 34.4 Å². The van der Waals surface area contributed by atoms with Crippen LogP contribution in [0.5, 0.6) is 0 Å². The summed E-state index contributed by atoms with van der Waals surface area (Å²) in [5.41, 5.74) is -0.791. The van der Waals surface area contributed by atoms with E-state index in [0.29, 0.717) is 32.3 Å². The Bertz CT molecular complexity index is 1390. The van der Waals surface area contributed by atoms with Crippen LogP contribution in [0.25, 0.3) is 0 Å². The summed E-state index contributed by atoms with van der Waals surface area (Å²) in [7, 11) is 0. The summed E-state index contributed by atoms with van der Waals surface area (Å²) < 4.78 is 47.2. The molecule has 4 rings (SSSR count). The Kier molecular flexibility index (Phi) is 8.63. The number of ether oxygens (including phenoxy) is 1. The van der Waals surface area contributed by atoms with Gasteiger partial charge in [-0.15, -0.1) is 0 Å². The highest BCUT2D eigenvalue weighted by atomic mass is 19.4. The molecule has 2 aromatic carbocycles. The predicted octanol–water partition coefficient (Wildman–Crippen LogP) is 6.02. The van der Waals surface area contributed by atoms with Crippen LogP contribution in [0.3, 0.4) is 0 Å². The van der Waals surface area contributed by atoms with Crippen molar-refractivity contribution in [2.75, 3.05) is 28.7 Å². The molecule has 1 unspecified atom stereocenters. The molecule has 1 aliphatic heterocycles. The number of benzene rings is 2. The first-order valence-corrected chi connectivity index (χ1v) is 12.4. The lowest BCUT2D eigenvalue weighted by molar-refractivity contribution is -0.385. The van der Waals surface area contributed by atoms with Crippen LogP contribution in [0, 0.1) is 10.1 Å². The summed E-state index contributed by atoms with van der Waals surface area (Å²) in [6, 6.07) is 11.2. The third-order valence-electron chi connectivity index (χ3n) is 6.45. The first kappa shape index (κ1) is 28.5. The van der Waals surface area contributed by atoms with Crippen molar-refractivity contribution in [2.45, 2.75) is 38.0 Å². The smallest absolute Gasteiger partial charge is 0.381 e. The number of nitrogens with one attached hydrogen (secondary N) is 2. The minimum absolute atomic E-state index is 0.00665. The van der Waals surface area contributed by atoms with Crippen LogP contribution in [0.4, 0.5) is 42.0 Å². The van der Waals surface area contributed by atoms with E-state index in [-0.39, 0.29) is 34.6 Å². The predicted molar refractivity (Wildman–Crippen MR) is 143 cm³/mol. The van der Waals surface area contributed by atoms with Gasteiger partial charge >= 0.3 is 6.18 Å². The normalized spacial score (nSPS) is 14.7. The van der Waals surface area contributed by atoms with Crippen molar-refractivity contribution in [2.24, 2.45) is 0 Å². The number of carbonyl (C=O) groups is 1. The number of alkyl halides is 3. The fourth-order valence-corrected chi connectivity index (χ4v) is 4.46. The van der Waals surface area contributed by atoms with Crippen LogP contribution >= 0.6 is 0 Å². The minimum Gasteiger partial charge on any atom is -0.381 e. The van der Waals surface area contributed by atoms with E-state index >= 15 is 0 Å². The SMILES string of the molecule is C=CC(=O)N(c1ccccc1Nc1nc(NC2CCOCC2)ncc1C(F)(F)F)C(C)c1ccccc1[N+](=O)[O-]. The molecule has 2 heterocycles. The third kappa shape index (κ3) is 6.37. The molecular formula is C27H27F3N6O4. The van der Waals surface area contributed by atoms with Gasteiger partial charge in [0.2, 0.25) is 5.95 Å².